The number of hydrogen-bond acceptors (Lipinski definition) is 7. The van der Waals surface area contributed by atoms with Gasteiger partial charge in [-0.3, -0.25) is 19.2 Å². The van der Waals surface area contributed by atoms with Crippen molar-refractivity contribution in [1.82, 2.24) is 15.5 Å². The molecule has 0 bridgehead atoms. The number of ether oxygens (including phenoxy) is 1. The number of piperidine rings is 1. The Hall–Kier alpha value is -1.27. The van der Waals surface area contributed by atoms with Gasteiger partial charge in [0.25, 0.3) is 0 Å². The highest BCUT2D eigenvalue weighted by molar-refractivity contribution is 5.87. The number of carbonyl (C=O) groups excluding carboxylic acids is 2. The highest BCUT2D eigenvalue weighted by Gasteiger charge is 2.67. The summed E-state index contributed by atoms with van der Waals surface area (Å²) in [6, 6.07) is -1.19. The van der Waals surface area contributed by atoms with Crippen molar-refractivity contribution >= 4 is 11.7 Å². The maximum atomic E-state index is 12.6. The van der Waals surface area contributed by atoms with Crippen LogP contribution in [0.2, 0.25) is 0 Å². The van der Waals surface area contributed by atoms with Gasteiger partial charge in [0.05, 0.1) is 12.1 Å². The van der Waals surface area contributed by atoms with Crippen LogP contribution in [0.4, 0.5) is 13.2 Å². The van der Waals surface area contributed by atoms with Gasteiger partial charge in [-0.15, -0.1) is 13.2 Å². The molecule has 2 heterocycles. The van der Waals surface area contributed by atoms with E-state index in [4.69, 9.17) is 0 Å². The van der Waals surface area contributed by atoms with E-state index in [9.17, 15) is 33.0 Å². The molecular weight excluding hydrogens is 455 g/mol. The summed E-state index contributed by atoms with van der Waals surface area (Å²) in [4.78, 5) is 26.5. The molecule has 2 saturated heterocycles. The largest absolute Gasteiger partial charge is 0.522 e. The average molecular weight is 494 g/mol. The summed E-state index contributed by atoms with van der Waals surface area (Å²) in [5.74, 6) is -0.706. The van der Waals surface area contributed by atoms with Crippen LogP contribution in [-0.4, -0.2) is 83.8 Å². The van der Waals surface area contributed by atoms with E-state index in [0.717, 1.165) is 0 Å². The van der Waals surface area contributed by atoms with Crippen LogP contribution in [0, 0.1) is 29.1 Å². The van der Waals surface area contributed by atoms with Crippen molar-refractivity contribution in [1.29, 1.82) is 0 Å². The van der Waals surface area contributed by atoms with E-state index < -0.39 is 43.0 Å². The van der Waals surface area contributed by atoms with Crippen LogP contribution in [0.1, 0.15) is 47.0 Å². The molecule has 8 nitrogen and oxygen atoms in total. The summed E-state index contributed by atoms with van der Waals surface area (Å²) >= 11 is 0. The van der Waals surface area contributed by atoms with Gasteiger partial charge in [0.15, 0.2) is 5.78 Å². The SMILES string of the molecule is CC(C)C[C@@H](O)C(O)N1C[C@H]2[C@@H](C1CN[C@@H](C[C@@H]1CCNC1=O)C(=O)COC(F)(F)F)C2(C)C. The lowest BCUT2D eigenvalue weighted by Crippen LogP contribution is -2.54. The molecule has 11 heteroatoms. The quantitative estimate of drug-likeness (QED) is 0.324. The van der Waals surface area contributed by atoms with Crippen molar-refractivity contribution in [3.05, 3.63) is 0 Å². The number of nitrogens with one attached hydrogen (secondary N) is 2. The lowest BCUT2D eigenvalue weighted by Gasteiger charge is -2.37. The van der Waals surface area contributed by atoms with Gasteiger partial charge in [0, 0.05) is 31.6 Å². The van der Waals surface area contributed by atoms with Crippen molar-refractivity contribution in [2.24, 2.45) is 29.1 Å². The molecule has 1 aliphatic carbocycles. The predicted molar refractivity (Wildman–Crippen MR) is 117 cm³/mol. The molecule has 3 rings (SSSR count). The molecular formula is C23H38F3N3O5. The van der Waals surface area contributed by atoms with Crippen LogP contribution in [0.25, 0.3) is 0 Å². The second kappa shape index (κ2) is 10.4. The molecule has 7 atom stereocenters. The van der Waals surface area contributed by atoms with Gasteiger partial charge in [-0.25, -0.2) is 0 Å². The number of hydrogen-bond donors (Lipinski definition) is 4. The molecule has 1 saturated carbocycles. The number of rotatable bonds is 12. The number of aliphatic hydroxyl groups excluding tert-OH is 2. The number of halogens is 3. The summed E-state index contributed by atoms with van der Waals surface area (Å²) in [5.41, 5.74) is 0.0375. The normalized spacial score (nSPS) is 31.3. The van der Waals surface area contributed by atoms with Gasteiger partial charge in [0.1, 0.15) is 12.8 Å². The van der Waals surface area contributed by atoms with Gasteiger partial charge in [-0.2, -0.15) is 0 Å². The number of aliphatic hydroxyl groups is 2. The summed E-state index contributed by atoms with van der Waals surface area (Å²) in [5, 5.41) is 27.1. The summed E-state index contributed by atoms with van der Waals surface area (Å²) in [6.07, 6.45) is -5.89. The van der Waals surface area contributed by atoms with E-state index >= 15 is 0 Å². The van der Waals surface area contributed by atoms with E-state index in [1.165, 1.54) is 0 Å². The summed E-state index contributed by atoms with van der Waals surface area (Å²) < 4.78 is 41.3. The topological polar surface area (TPSA) is 111 Å². The Bertz CT molecular complexity index is 748. The Labute approximate surface area is 198 Å². The highest BCUT2D eigenvalue weighted by Crippen LogP contribution is 2.65. The average Bonchev–Trinajstić information content (AvgIpc) is 3.06. The Morgan fingerprint density at radius 3 is 2.56 bits per heavy atom. The molecule has 2 aliphatic heterocycles. The van der Waals surface area contributed by atoms with E-state index in [1.807, 2.05) is 18.7 Å². The minimum atomic E-state index is -4.92. The lowest BCUT2D eigenvalue weighted by atomic mass is 9.94. The molecule has 3 aliphatic rings. The van der Waals surface area contributed by atoms with E-state index in [2.05, 4.69) is 29.2 Å². The van der Waals surface area contributed by atoms with Crippen LogP contribution >= 0.6 is 0 Å². The smallest absolute Gasteiger partial charge is 0.389 e. The van der Waals surface area contributed by atoms with Gasteiger partial charge in [-0.1, -0.05) is 27.7 Å². The summed E-state index contributed by atoms with van der Waals surface area (Å²) in [6.45, 7) is 8.36. The molecule has 0 aromatic carbocycles. The molecule has 3 fully saturated rings. The minimum absolute atomic E-state index is 0.0375. The molecule has 196 valence electrons. The van der Waals surface area contributed by atoms with Gasteiger partial charge in [0.2, 0.25) is 5.91 Å². The highest BCUT2D eigenvalue weighted by atomic mass is 19.4. The van der Waals surface area contributed by atoms with Gasteiger partial charge in [-0.05, 0) is 42.4 Å². The zero-order valence-electron chi connectivity index (χ0n) is 20.3. The van der Waals surface area contributed by atoms with Crippen molar-refractivity contribution in [2.45, 2.75) is 77.7 Å². The molecule has 34 heavy (non-hydrogen) atoms. The van der Waals surface area contributed by atoms with Crippen molar-refractivity contribution < 1.29 is 37.7 Å². The molecule has 0 aromatic heterocycles. The molecule has 2 unspecified atom stereocenters. The Morgan fingerprint density at radius 1 is 1.32 bits per heavy atom. The standard InChI is InChI=1S/C23H38F3N3O5/c1-12(2)7-17(30)21(33)29-10-14-19(22(14,3)4)16(29)9-28-15(8-13-5-6-27-20(13)32)18(31)11-34-23(24,25)26/h12-17,19,21,28,30,33H,5-11H2,1-4H3,(H,27,32)/t13-,14-,15-,16?,17+,19-,21?/m0/s1. The van der Waals surface area contributed by atoms with E-state index in [0.29, 0.717) is 31.8 Å². The lowest BCUT2D eigenvalue weighted by molar-refractivity contribution is -0.321. The molecule has 4 N–H and O–H groups in total. The number of amides is 1. The fraction of sp³-hybridized carbons (Fsp3) is 0.913. The third kappa shape index (κ3) is 6.29. The molecule has 0 radical (unpaired) electrons. The fourth-order valence-corrected chi connectivity index (χ4v) is 5.84. The number of nitrogens with zero attached hydrogens (tertiary/aromatic N) is 1. The first kappa shape index (κ1) is 27.3. The van der Waals surface area contributed by atoms with Crippen molar-refractivity contribution in [3.8, 4) is 0 Å². The van der Waals surface area contributed by atoms with Crippen LogP contribution < -0.4 is 10.6 Å². The zero-order chi connectivity index (χ0) is 25.4. The third-order valence-corrected chi connectivity index (χ3v) is 7.81. The van der Waals surface area contributed by atoms with Gasteiger partial charge < -0.3 is 20.8 Å². The maximum Gasteiger partial charge on any atom is 0.522 e. The number of Topliss-reactive ketones (excluding diaryl/α,β-unsaturated/α-hetero) is 1. The third-order valence-electron chi connectivity index (χ3n) is 7.81. The van der Waals surface area contributed by atoms with Crippen LogP contribution in [0.5, 0.6) is 0 Å². The number of ketones is 1. The second-order valence-corrected chi connectivity index (χ2v) is 11.0. The number of fused-ring (bicyclic) bond motifs is 1. The number of likely N-dealkylation sites (tertiary alicyclic amines) is 1. The first-order chi connectivity index (χ1) is 15.7. The first-order valence-corrected chi connectivity index (χ1v) is 12.1. The number of carbonyl (C=O) groups is 2. The monoisotopic (exact) mass is 493 g/mol. The predicted octanol–water partition coefficient (Wildman–Crippen LogP) is 1.26. The van der Waals surface area contributed by atoms with Crippen LogP contribution in [-0.2, 0) is 14.3 Å². The van der Waals surface area contributed by atoms with E-state index in [-0.39, 0.29) is 42.2 Å². The number of alkyl halides is 3. The van der Waals surface area contributed by atoms with Gasteiger partial charge >= 0.3 is 6.36 Å². The second-order valence-electron chi connectivity index (χ2n) is 11.0. The van der Waals surface area contributed by atoms with Crippen LogP contribution in [0.15, 0.2) is 0 Å². The maximum absolute atomic E-state index is 12.6. The molecule has 1 amide bonds. The Morgan fingerprint density at radius 2 is 2.00 bits per heavy atom. The van der Waals surface area contributed by atoms with Crippen LogP contribution in [0.3, 0.4) is 0 Å². The van der Waals surface area contributed by atoms with Crippen molar-refractivity contribution in [3.63, 3.8) is 0 Å². The molecule has 0 aromatic rings. The first-order valence-electron chi connectivity index (χ1n) is 12.1. The fourth-order valence-electron chi connectivity index (χ4n) is 5.84. The van der Waals surface area contributed by atoms with Crippen molar-refractivity contribution in [2.75, 3.05) is 26.2 Å². The Balaban J connectivity index is 1.69. The minimum Gasteiger partial charge on any atom is -0.389 e. The van der Waals surface area contributed by atoms with E-state index in [1.54, 1.807) is 0 Å². The Kier molecular flexibility index (Phi) is 8.34. The summed E-state index contributed by atoms with van der Waals surface area (Å²) in [7, 11) is 0. The zero-order valence-corrected chi connectivity index (χ0v) is 20.3. The molecule has 0 spiro atoms.